The van der Waals surface area contributed by atoms with Crippen LogP contribution in [0.25, 0.3) is 75.2 Å². The van der Waals surface area contributed by atoms with Gasteiger partial charge in [0.05, 0.1) is 5.56 Å². The zero-order valence-electron chi connectivity index (χ0n) is 27.1. The molecule has 5 nitrogen and oxygen atoms in total. The minimum atomic E-state index is -0.341. The number of amidine groups is 2. The number of hydrogen-bond donors (Lipinski definition) is 1. The van der Waals surface area contributed by atoms with Gasteiger partial charge < -0.3 is 14.2 Å². The van der Waals surface area contributed by atoms with E-state index in [1.807, 2.05) is 41.7 Å². The van der Waals surface area contributed by atoms with Gasteiger partial charge in [0, 0.05) is 52.8 Å². The largest absolute Gasteiger partial charge is 0.455 e. The van der Waals surface area contributed by atoms with Crippen LogP contribution < -0.4 is 5.32 Å². The van der Waals surface area contributed by atoms with Crippen molar-refractivity contribution in [2.75, 3.05) is 0 Å². The van der Waals surface area contributed by atoms with Gasteiger partial charge in [-0.25, -0.2) is 9.98 Å². The Morgan fingerprint density at radius 2 is 1.18 bits per heavy atom. The number of thiophene rings is 1. The van der Waals surface area contributed by atoms with Gasteiger partial charge in [-0.3, -0.25) is 0 Å². The van der Waals surface area contributed by atoms with Crippen LogP contribution in [0.15, 0.2) is 170 Å². The van der Waals surface area contributed by atoms with Gasteiger partial charge in [-0.15, -0.1) is 11.3 Å². The third kappa shape index (κ3) is 4.47. The number of nitrogens with zero attached hydrogens (tertiary/aromatic N) is 2. The Hall–Kier alpha value is -6.50. The Labute approximate surface area is 295 Å². The van der Waals surface area contributed by atoms with Crippen molar-refractivity contribution in [1.29, 1.82) is 0 Å². The summed E-state index contributed by atoms with van der Waals surface area (Å²) >= 11 is 1.82. The SMILES string of the molecule is c1ccc(C2=NC(c3cccc4c3oc3ccc(-c5cccc6c5oc5ccccc56)cc34)=NC(c3ccc4sc5ccccc5c4c3)N2)cc1. The lowest BCUT2D eigenvalue weighted by atomic mass is 10.00. The van der Waals surface area contributed by atoms with Gasteiger partial charge >= 0.3 is 0 Å². The molecule has 10 aromatic rings. The molecule has 0 spiro atoms. The van der Waals surface area contributed by atoms with Gasteiger partial charge in [0.2, 0.25) is 0 Å². The molecule has 1 aliphatic rings. The van der Waals surface area contributed by atoms with Gasteiger partial charge in [-0.1, -0.05) is 109 Å². The quantitative estimate of drug-likeness (QED) is 0.202. The first-order chi connectivity index (χ1) is 25.2. The minimum Gasteiger partial charge on any atom is -0.455 e. The van der Waals surface area contributed by atoms with Crippen molar-refractivity contribution in [1.82, 2.24) is 5.32 Å². The molecule has 0 aliphatic carbocycles. The maximum absolute atomic E-state index is 6.65. The number of fused-ring (bicyclic) bond motifs is 9. The Bertz CT molecular complexity index is 3070. The Morgan fingerprint density at radius 3 is 2.06 bits per heavy atom. The van der Waals surface area contributed by atoms with Crippen molar-refractivity contribution in [2.45, 2.75) is 6.17 Å². The zero-order chi connectivity index (χ0) is 33.5. The third-order valence-electron chi connectivity index (χ3n) is 9.96. The predicted molar refractivity (Wildman–Crippen MR) is 211 cm³/mol. The molecule has 1 unspecified atom stereocenters. The first kappa shape index (κ1) is 28.3. The molecule has 4 heterocycles. The normalized spacial score (nSPS) is 14.9. The number of furan rings is 2. The van der Waals surface area contributed by atoms with E-state index in [4.69, 9.17) is 18.8 Å². The smallest absolute Gasteiger partial charge is 0.163 e. The molecule has 7 aromatic carbocycles. The number of benzene rings is 7. The monoisotopic (exact) mass is 673 g/mol. The van der Waals surface area contributed by atoms with E-state index in [2.05, 4.69) is 127 Å². The number of nitrogens with one attached hydrogen (secondary N) is 1. The molecule has 0 radical (unpaired) electrons. The van der Waals surface area contributed by atoms with E-state index in [-0.39, 0.29) is 6.17 Å². The van der Waals surface area contributed by atoms with E-state index in [1.54, 1.807) is 0 Å². The van der Waals surface area contributed by atoms with Crippen LogP contribution in [0.4, 0.5) is 0 Å². The molecule has 240 valence electrons. The molecule has 3 aromatic heterocycles. The van der Waals surface area contributed by atoms with Crippen molar-refractivity contribution in [3.05, 3.63) is 168 Å². The van der Waals surface area contributed by atoms with Crippen LogP contribution >= 0.6 is 11.3 Å². The fourth-order valence-corrected chi connectivity index (χ4v) is 8.60. The summed E-state index contributed by atoms with van der Waals surface area (Å²) in [7, 11) is 0. The third-order valence-corrected chi connectivity index (χ3v) is 11.1. The van der Waals surface area contributed by atoms with Crippen LogP contribution in [-0.4, -0.2) is 11.7 Å². The Balaban J connectivity index is 1.07. The second kappa shape index (κ2) is 11.0. The fourth-order valence-electron chi connectivity index (χ4n) is 7.51. The molecule has 6 heteroatoms. The molecule has 11 rings (SSSR count). The topological polar surface area (TPSA) is 63.0 Å². The van der Waals surface area contributed by atoms with Crippen LogP contribution in [0.1, 0.15) is 22.9 Å². The molecule has 1 atom stereocenters. The van der Waals surface area contributed by atoms with Gasteiger partial charge in [-0.05, 0) is 53.6 Å². The number of aliphatic imine (C=N–C) groups is 2. The standard InChI is InChI=1S/C45H27N3O2S/c1-2-10-26(11-3-1)43-46-44(28-21-23-40-36(25-28)31-13-5-7-19-39(31)51-40)48-45(47-43)34-17-9-16-33-35-24-27(20-22-38(35)50-42(33)34)29-14-8-15-32-30-12-4-6-18-37(30)49-41(29)32/h1-25,44H,(H,46,47,48). The number of hydrogen-bond acceptors (Lipinski definition) is 6. The van der Waals surface area contributed by atoms with E-state index < -0.39 is 0 Å². The van der Waals surface area contributed by atoms with Gasteiger partial charge in [0.25, 0.3) is 0 Å². The average molecular weight is 674 g/mol. The lowest BCUT2D eigenvalue weighted by molar-refractivity contribution is 0.663. The van der Waals surface area contributed by atoms with Crippen LogP contribution in [-0.2, 0) is 0 Å². The average Bonchev–Trinajstić information content (AvgIpc) is 3.89. The summed E-state index contributed by atoms with van der Waals surface area (Å²) in [5.41, 5.74) is 8.40. The van der Waals surface area contributed by atoms with Crippen molar-refractivity contribution >= 4 is 87.1 Å². The van der Waals surface area contributed by atoms with Gasteiger partial charge in [0.15, 0.2) is 5.84 Å². The lowest BCUT2D eigenvalue weighted by Gasteiger charge is -2.23. The van der Waals surface area contributed by atoms with E-state index in [0.29, 0.717) is 5.84 Å². The first-order valence-corrected chi connectivity index (χ1v) is 17.8. The second-order valence-corrected chi connectivity index (χ2v) is 14.0. The van der Waals surface area contributed by atoms with E-state index in [0.717, 1.165) is 77.5 Å². The molecule has 0 saturated heterocycles. The van der Waals surface area contributed by atoms with Crippen molar-refractivity contribution in [3.8, 4) is 11.1 Å². The second-order valence-electron chi connectivity index (χ2n) is 13.0. The molecule has 1 aliphatic heterocycles. The summed E-state index contributed by atoms with van der Waals surface area (Å²) in [5.74, 6) is 1.40. The van der Waals surface area contributed by atoms with E-state index in [1.165, 1.54) is 20.2 Å². The highest BCUT2D eigenvalue weighted by molar-refractivity contribution is 7.25. The highest BCUT2D eigenvalue weighted by Crippen LogP contribution is 2.40. The molecule has 51 heavy (non-hydrogen) atoms. The van der Waals surface area contributed by atoms with Crippen LogP contribution in [0.5, 0.6) is 0 Å². The summed E-state index contributed by atoms with van der Waals surface area (Å²) in [5, 5.41) is 10.4. The molecule has 0 saturated carbocycles. The van der Waals surface area contributed by atoms with Crippen LogP contribution in [0, 0.1) is 0 Å². The van der Waals surface area contributed by atoms with Crippen LogP contribution in [0.3, 0.4) is 0 Å². The van der Waals surface area contributed by atoms with Crippen molar-refractivity contribution in [3.63, 3.8) is 0 Å². The summed E-state index contributed by atoms with van der Waals surface area (Å²) in [6.07, 6.45) is -0.341. The predicted octanol–water partition coefficient (Wildman–Crippen LogP) is 12.0. The maximum atomic E-state index is 6.65. The summed E-state index contributed by atoms with van der Waals surface area (Å²) in [6.45, 7) is 0. The highest BCUT2D eigenvalue weighted by Gasteiger charge is 2.24. The summed E-state index contributed by atoms with van der Waals surface area (Å²) in [6, 6.07) is 52.7. The lowest BCUT2D eigenvalue weighted by Crippen LogP contribution is -2.33. The first-order valence-electron chi connectivity index (χ1n) is 17.0. The minimum absolute atomic E-state index is 0.341. The molecule has 1 N–H and O–H groups in total. The number of para-hydroxylation sites is 3. The zero-order valence-corrected chi connectivity index (χ0v) is 27.9. The van der Waals surface area contributed by atoms with Crippen molar-refractivity contribution < 1.29 is 8.83 Å². The molecule has 0 amide bonds. The molecule has 0 fully saturated rings. The molecular weight excluding hydrogens is 647 g/mol. The van der Waals surface area contributed by atoms with Gasteiger partial charge in [0.1, 0.15) is 34.3 Å². The Morgan fingerprint density at radius 1 is 0.490 bits per heavy atom. The summed E-state index contributed by atoms with van der Waals surface area (Å²) in [4.78, 5) is 10.4. The van der Waals surface area contributed by atoms with E-state index in [9.17, 15) is 0 Å². The van der Waals surface area contributed by atoms with E-state index >= 15 is 0 Å². The van der Waals surface area contributed by atoms with Gasteiger partial charge in [-0.2, -0.15) is 0 Å². The molecular formula is C45H27N3O2S. The summed E-state index contributed by atoms with van der Waals surface area (Å²) < 4.78 is 15.6. The highest BCUT2D eigenvalue weighted by atomic mass is 32.1. The molecule has 0 bridgehead atoms. The van der Waals surface area contributed by atoms with Crippen molar-refractivity contribution in [2.24, 2.45) is 9.98 Å². The fraction of sp³-hybridized carbons (Fsp3) is 0.0222. The maximum Gasteiger partial charge on any atom is 0.163 e. The Kier molecular flexibility index (Phi) is 6.12. The van der Waals surface area contributed by atoms with Crippen LogP contribution in [0.2, 0.25) is 0 Å². The number of rotatable bonds is 4.